The number of para-hydroxylation sites is 1. The molecule has 20 heavy (non-hydrogen) atoms. The Morgan fingerprint density at radius 3 is 2.60 bits per heavy atom. The van der Waals surface area contributed by atoms with Gasteiger partial charge in [-0.25, -0.2) is 8.42 Å². The second-order valence-corrected chi connectivity index (χ2v) is 6.10. The molecule has 1 N–H and O–H groups in total. The summed E-state index contributed by atoms with van der Waals surface area (Å²) >= 11 is 0. The predicted octanol–water partition coefficient (Wildman–Crippen LogP) is 3.19. The first-order valence-electron chi connectivity index (χ1n) is 6.13. The van der Waals surface area contributed by atoms with E-state index in [1.54, 1.807) is 44.2 Å². The van der Waals surface area contributed by atoms with Crippen molar-refractivity contribution in [1.29, 1.82) is 0 Å². The third-order valence-corrected chi connectivity index (χ3v) is 4.80. The van der Waals surface area contributed by atoms with Crippen LogP contribution in [0.4, 0.5) is 0 Å². The van der Waals surface area contributed by atoms with Gasteiger partial charge in [0.1, 0.15) is 10.6 Å². The molecular formula is C15H15NO3S. The number of aromatic hydroxyl groups is 1. The molecule has 0 aliphatic carbocycles. The summed E-state index contributed by atoms with van der Waals surface area (Å²) in [6, 6.07) is 6.86. The zero-order chi connectivity index (χ0) is 14.8. The van der Waals surface area contributed by atoms with E-state index in [-0.39, 0.29) is 15.6 Å². The van der Waals surface area contributed by atoms with Crippen molar-refractivity contribution in [3.05, 3.63) is 53.6 Å². The highest BCUT2D eigenvalue weighted by Crippen LogP contribution is 2.33. The van der Waals surface area contributed by atoms with Gasteiger partial charge in [-0.3, -0.25) is 4.98 Å². The van der Waals surface area contributed by atoms with E-state index < -0.39 is 9.84 Å². The number of rotatable bonds is 3. The fourth-order valence-electron chi connectivity index (χ4n) is 1.94. The third-order valence-electron chi connectivity index (χ3n) is 2.93. The quantitative estimate of drug-likeness (QED) is 0.881. The molecule has 0 spiro atoms. The Kier molecular flexibility index (Phi) is 3.90. The molecule has 0 saturated heterocycles. The standard InChI is InChI=1S/C15H15NO3S/c1-3-7-11(4-2)20(18,19)14-10-16-13-9-6-5-8-12(13)15(14)17/h3-10H,1-2H3,(H,16,17)/b7-3-,11-4+. The molecule has 1 aromatic heterocycles. The van der Waals surface area contributed by atoms with Gasteiger partial charge in [0.15, 0.2) is 0 Å². The summed E-state index contributed by atoms with van der Waals surface area (Å²) in [6.45, 7) is 3.37. The van der Waals surface area contributed by atoms with Crippen LogP contribution in [-0.2, 0) is 9.84 Å². The van der Waals surface area contributed by atoms with Gasteiger partial charge < -0.3 is 5.11 Å². The number of benzene rings is 1. The van der Waals surface area contributed by atoms with Crippen molar-refractivity contribution in [3.63, 3.8) is 0 Å². The number of sulfone groups is 1. The zero-order valence-corrected chi connectivity index (χ0v) is 12.1. The summed E-state index contributed by atoms with van der Waals surface area (Å²) in [4.78, 5) is 4.05. The molecule has 2 rings (SSSR count). The Morgan fingerprint density at radius 1 is 1.25 bits per heavy atom. The molecule has 0 saturated carbocycles. The highest BCUT2D eigenvalue weighted by Gasteiger charge is 2.23. The molecule has 0 bridgehead atoms. The van der Waals surface area contributed by atoms with E-state index in [4.69, 9.17) is 0 Å². The molecule has 0 amide bonds. The summed E-state index contributed by atoms with van der Waals surface area (Å²) in [5, 5.41) is 10.6. The Morgan fingerprint density at radius 2 is 1.95 bits per heavy atom. The van der Waals surface area contributed by atoms with Gasteiger partial charge in [0.05, 0.1) is 16.6 Å². The number of nitrogens with zero attached hydrogens (tertiary/aromatic N) is 1. The van der Waals surface area contributed by atoms with E-state index in [0.717, 1.165) is 0 Å². The lowest BCUT2D eigenvalue weighted by Crippen LogP contribution is -2.04. The molecule has 0 radical (unpaired) electrons. The molecule has 0 unspecified atom stereocenters. The van der Waals surface area contributed by atoms with Gasteiger partial charge in [0.25, 0.3) is 0 Å². The van der Waals surface area contributed by atoms with Crippen LogP contribution < -0.4 is 0 Å². The lowest BCUT2D eigenvalue weighted by Gasteiger charge is -2.09. The Hall–Kier alpha value is -2.14. The molecule has 1 aromatic carbocycles. The maximum atomic E-state index is 12.5. The fourth-order valence-corrected chi connectivity index (χ4v) is 3.37. The number of hydrogen-bond acceptors (Lipinski definition) is 4. The minimum absolute atomic E-state index is 0.132. The van der Waals surface area contributed by atoms with Gasteiger partial charge in [-0.15, -0.1) is 0 Å². The van der Waals surface area contributed by atoms with E-state index >= 15 is 0 Å². The molecule has 104 valence electrons. The van der Waals surface area contributed by atoms with Crippen LogP contribution in [0, 0.1) is 0 Å². The topological polar surface area (TPSA) is 67.3 Å². The number of fused-ring (bicyclic) bond motifs is 1. The van der Waals surface area contributed by atoms with Crippen LogP contribution in [0.1, 0.15) is 13.8 Å². The van der Waals surface area contributed by atoms with Crippen LogP contribution in [0.15, 0.2) is 58.5 Å². The van der Waals surface area contributed by atoms with Crippen LogP contribution in [0.25, 0.3) is 10.9 Å². The monoisotopic (exact) mass is 289 g/mol. The van der Waals surface area contributed by atoms with Gasteiger partial charge in [-0.05, 0) is 32.1 Å². The van der Waals surface area contributed by atoms with Crippen molar-refractivity contribution >= 4 is 20.7 Å². The second-order valence-electron chi connectivity index (χ2n) is 4.18. The van der Waals surface area contributed by atoms with Gasteiger partial charge in [-0.2, -0.15) is 0 Å². The average molecular weight is 289 g/mol. The maximum Gasteiger partial charge on any atom is 0.211 e. The third kappa shape index (κ3) is 2.32. The molecule has 0 aliphatic heterocycles. The molecule has 0 fully saturated rings. The van der Waals surface area contributed by atoms with Gasteiger partial charge in [0, 0.05) is 5.39 Å². The van der Waals surface area contributed by atoms with Crippen molar-refractivity contribution in [1.82, 2.24) is 4.98 Å². The zero-order valence-electron chi connectivity index (χ0n) is 11.2. The number of hydrogen-bond donors (Lipinski definition) is 1. The van der Waals surface area contributed by atoms with Crippen molar-refractivity contribution in [3.8, 4) is 5.75 Å². The molecule has 0 aliphatic rings. The second kappa shape index (κ2) is 5.46. The highest BCUT2D eigenvalue weighted by molar-refractivity contribution is 7.95. The summed E-state index contributed by atoms with van der Waals surface area (Å²) in [5.74, 6) is -0.264. The summed E-state index contributed by atoms with van der Waals surface area (Å²) in [7, 11) is -3.77. The lowest BCUT2D eigenvalue weighted by atomic mass is 10.2. The predicted molar refractivity (Wildman–Crippen MR) is 79.2 cm³/mol. The Bertz CT molecular complexity index is 805. The SMILES string of the molecule is C/C=C\C(=C/C)S(=O)(=O)c1cnc2ccccc2c1O. The highest BCUT2D eigenvalue weighted by atomic mass is 32.2. The van der Waals surface area contributed by atoms with Crippen LogP contribution in [0.5, 0.6) is 5.75 Å². The average Bonchev–Trinajstić information content (AvgIpc) is 2.45. The van der Waals surface area contributed by atoms with Crippen molar-refractivity contribution in [2.24, 2.45) is 0 Å². The first-order valence-corrected chi connectivity index (χ1v) is 7.61. The van der Waals surface area contributed by atoms with Crippen molar-refractivity contribution in [2.45, 2.75) is 18.7 Å². The lowest BCUT2D eigenvalue weighted by molar-refractivity contribution is 0.465. The van der Waals surface area contributed by atoms with Crippen LogP contribution in [0.2, 0.25) is 0 Å². The van der Waals surface area contributed by atoms with Gasteiger partial charge in [-0.1, -0.05) is 24.3 Å². The van der Waals surface area contributed by atoms with Crippen LogP contribution in [-0.4, -0.2) is 18.5 Å². The van der Waals surface area contributed by atoms with Crippen LogP contribution >= 0.6 is 0 Å². The Balaban J connectivity index is 2.73. The summed E-state index contributed by atoms with van der Waals surface area (Å²) in [5.41, 5.74) is 0.553. The summed E-state index contributed by atoms with van der Waals surface area (Å²) in [6.07, 6.45) is 5.81. The molecule has 5 heteroatoms. The van der Waals surface area contributed by atoms with E-state index in [2.05, 4.69) is 4.98 Å². The summed E-state index contributed by atoms with van der Waals surface area (Å²) < 4.78 is 25.0. The minimum atomic E-state index is -3.77. The molecule has 0 atom stereocenters. The Labute approximate surface area is 118 Å². The van der Waals surface area contributed by atoms with Crippen molar-refractivity contribution in [2.75, 3.05) is 0 Å². The number of aromatic nitrogens is 1. The normalized spacial score (nSPS) is 13.2. The van der Waals surface area contributed by atoms with Gasteiger partial charge >= 0.3 is 0 Å². The molecular weight excluding hydrogens is 274 g/mol. The maximum absolute atomic E-state index is 12.5. The van der Waals surface area contributed by atoms with Crippen LogP contribution in [0.3, 0.4) is 0 Å². The van der Waals surface area contributed by atoms with E-state index in [1.807, 2.05) is 0 Å². The smallest absolute Gasteiger partial charge is 0.211 e. The molecule has 4 nitrogen and oxygen atoms in total. The molecule has 1 heterocycles. The minimum Gasteiger partial charge on any atom is -0.506 e. The first-order chi connectivity index (χ1) is 9.52. The van der Waals surface area contributed by atoms with Crippen molar-refractivity contribution < 1.29 is 13.5 Å². The van der Waals surface area contributed by atoms with E-state index in [9.17, 15) is 13.5 Å². The van der Waals surface area contributed by atoms with E-state index in [0.29, 0.717) is 10.9 Å². The number of pyridine rings is 1. The first kappa shape index (κ1) is 14.3. The largest absolute Gasteiger partial charge is 0.506 e. The van der Waals surface area contributed by atoms with Gasteiger partial charge in [0.2, 0.25) is 9.84 Å². The van der Waals surface area contributed by atoms with E-state index in [1.165, 1.54) is 18.3 Å². The number of allylic oxidation sites excluding steroid dienone is 3. The fraction of sp³-hybridized carbons (Fsp3) is 0.133. The molecule has 2 aromatic rings.